The Labute approximate surface area is 142 Å². The number of rotatable bonds is 6. The number of nitrogens with zero attached hydrogens (tertiary/aromatic N) is 3. The quantitative estimate of drug-likeness (QED) is 0.815. The van der Waals surface area contributed by atoms with E-state index in [0.717, 1.165) is 42.0 Å². The average Bonchev–Trinajstić information content (AvgIpc) is 3.29. The molecule has 1 atom stereocenters. The third-order valence-corrected chi connectivity index (χ3v) is 5.23. The number of methoxy groups -OCH3 is 1. The van der Waals surface area contributed by atoms with Crippen molar-refractivity contribution in [1.29, 1.82) is 0 Å². The predicted octanol–water partition coefficient (Wildman–Crippen LogP) is 3.53. The zero-order chi connectivity index (χ0) is 16.7. The van der Waals surface area contributed by atoms with Gasteiger partial charge in [0, 0.05) is 24.9 Å². The second kappa shape index (κ2) is 6.11. The van der Waals surface area contributed by atoms with Crippen LogP contribution >= 0.6 is 0 Å². The van der Waals surface area contributed by atoms with Crippen molar-refractivity contribution in [2.75, 3.05) is 13.7 Å². The van der Waals surface area contributed by atoms with Crippen LogP contribution in [0.3, 0.4) is 0 Å². The first-order valence-electron chi connectivity index (χ1n) is 9.01. The van der Waals surface area contributed by atoms with E-state index in [9.17, 15) is 4.79 Å². The van der Waals surface area contributed by atoms with Crippen LogP contribution in [0.5, 0.6) is 5.75 Å². The molecule has 1 aliphatic carbocycles. The first kappa shape index (κ1) is 15.5. The highest BCUT2D eigenvalue weighted by atomic mass is 16.5. The lowest BCUT2D eigenvalue weighted by atomic mass is 10.0. The maximum absolute atomic E-state index is 12.4. The van der Waals surface area contributed by atoms with E-state index in [1.165, 1.54) is 12.8 Å². The standard InChI is InChI=1S/C19H25N3O2/c1-3-4-13-9-18(23)21(11-13)12-22-17-10-15(24-2)7-8-16(17)20-19(22)14-5-6-14/h7-8,10,13-14H,3-6,9,11-12H2,1-2H3. The van der Waals surface area contributed by atoms with Gasteiger partial charge in [0.1, 0.15) is 11.6 Å². The normalized spacial score (nSPS) is 21.0. The average molecular weight is 327 g/mol. The van der Waals surface area contributed by atoms with Gasteiger partial charge in [0.2, 0.25) is 5.91 Å². The second-order valence-electron chi connectivity index (χ2n) is 7.14. The number of carbonyl (C=O) groups is 1. The molecule has 1 aliphatic heterocycles. The van der Waals surface area contributed by atoms with E-state index in [0.29, 0.717) is 24.9 Å². The number of imidazole rings is 1. The minimum absolute atomic E-state index is 0.278. The first-order valence-corrected chi connectivity index (χ1v) is 9.01. The molecule has 5 nitrogen and oxygen atoms in total. The summed E-state index contributed by atoms with van der Waals surface area (Å²) in [5, 5.41) is 0. The van der Waals surface area contributed by atoms with Gasteiger partial charge in [-0.05, 0) is 37.3 Å². The van der Waals surface area contributed by atoms with Crippen molar-refractivity contribution < 1.29 is 9.53 Å². The van der Waals surface area contributed by atoms with Gasteiger partial charge in [0.05, 0.1) is 24.8 Å². The van der Waals surface area contributed by atoms with Gasteiger partial charge in [0.25, 0.3) is 0 Å². The number of amides is 1. The topological polar surface area (TPSA) is 47.4 Å². The maximum Gasteiger partial charge on any atom is 0.224 e. The minimum Gasteiger partial charge on any atom is -0.497 e. The van der Waals surface area contributed by atoms with Crippen LogP contribution in [0.1, 0.15) is 50.8 Å². The molecule has 2 heterocycles. The SMILES string of the molecule is CCCC1CC(=O)N(Cn2c(C3CC3)nc3ccc(OC)cc32)C1. The van der Waals surface area contributed by atoms with Crippen LogP contribution in [0.4, 0.5) is 0 Å². The monoisotopic (exact) mass is 327 g/mol. The van der Waals surface area contributed by atoms with E-state index in [4.69, 9.17) is 9.72 Å². The zero-order valence-electron chi connectivity index (χ0n) is 14.5. The summed E-state index contributed by atoms with van der Waals surface area (Å²) in [5.41, 5.74) is 2.07. The maximum atomic E-state index is 12.4. The van der Waals surface area contributed by atoms with Gasteiger partial charge in [-0.3, -0.25) is 4.79 Å². The number of ether oxygens (including phenoxy) is 1. The van der Waals surface area contributed by atoms with E-state index >= 15 is 0 Å². The first-order chi connectivity index (χ1) is 11.7. The molecule has 128 valence electrons. The molecule has 1 unspecified atom stereocenters. The molecular weight excluding hydrogens is 302 g/mol. The summed E-state index contributed by atoms with van der Waals surface area (Å²) in [4.78, 5) is 19.3. The van der Waals surface area contributed by atoms with Crippen LogP contribution in [0.25, 0.3) is 11.0 Å². The molecule has 1 saturated heterocycles. The third kappa shape index (κ3) is 2.76. The van der Waals surface area contributed by atoms with Gasteiger partial charge in [0.15, 0.2) is 0 Å². The van der Waals surface area contributed by atoms with Crippen LogP contribution in [0, 0.1) is 5.92 Å². The molecule has 24 heavy (non-hydrogen) atoms. The number of carbonyl (C=O) groups excluding carboxylic acids is 1. The second-order valence-corrected chi connectivity index (χ2v) is 7.14. The van der Waals surface area contributed by atoms with Gasteiger partial charge >= 0.3 is 0 Å². The Kier molecular flexibility index (Phi) is 3.94. The largest absolute Gasteiger partial charge is 0.497 e. The molecule has 2 fully saturated rings. The number of hydrogen-bond donors (Lipinski definition) is 0. The Morgan fingerprint density at radius 1 is 1.33 bits per heavy atom. The van der Waals surface area contributed by atoms with Gasteiger partial charge in [-0.15, -0.1) is 0 Å². The molecule has 1 amide bonds. The van der Waals surface area contributed by atoms with Crippen LogP contribution in [0.2, 0.25) is 0 Å². The van der Waals surface area contributed by atoms with Crippen LogP contribution in [-0.4, -0.2) is 34.0 Å². The summed E-state index contributed by atoms with van der Waals surface area (Å²) >= 11 is 0. The molecule has 0 radical (unpaired) electrons. The van der Waals surface area contributed by atoms with E-state index in [-0.39, 0.29) is 5.91 Å². The number of benzene rings is 1. The van der Waals surface area contributed by atoms with E-state index in [1.807, 2.05) is 23.1 Å². The molecule has 1 aromatic carbocycles. The van der Waals surface area contributed by atoms with Crippen molar-refractivity contribution in [2.45, 2.75) is 51.6 Å². The predicted molar refractivity (Wildman–Crippen MR) is 93.0 cm³/mol. The lowest BCUT2D eigenvalue weighted by Gasteiger charge is -2.20. The molecule has 0 bridgehead atoms. The molecule has 0 N–H and O–H groups in total. The minimum atomic E-state index is 0.278. The van der Waals surface area contributed by atoms with E-state index < -0.39 is 0 Å². The summed E-state index contributed by atoms with van der Waals surface area (Å²) in [6, 6.07) is 6.01. The molecular formula is C19H25N3O2. The molecule has 2 aromatic rings. The van der Waals surface area contributed by atoms with Crippen molar-refractivity contribution in [2.24, 2.45) is 5.92 Å². The molecule has 0 spiro atoms. The molecule has 1 saturated carbocycles. The fraction of sp³-hybridized carbons (Fsp3) is 0.579. The smallest absolute Gasteiger partial charge is 0.224 e. The number of likely N-dealkylation sites (tertiary alicyclic amines) is 1. The van der Waals surface area contributed by atoms with Crippen molar-refractivity contribution in [1.82, 2.24) is 14.5 Å². The number of fused-ring (bicyclic) bond motifs is 1. The Morgan fingerprint density at radius 2 is 2.17 bits per heavy atom. The van der Waals surface area contributed by atoms with Crippen LogP contribution in [-0.2, 0) is 11.5 Å². The molecule has 1 aromatic heterocycles. The fourth-order valence-electron chi connectivity index (χ4n) is 3.81. The summed E-state index contributed by atoms with van der Waals surface area (Å²) < 4.78 is 7.62. The van der Waals surface area contributed by atoms with Gasteiger partial charge < -0.3 is 14.2 Å². The summed E-state index contributed by atoms with van der Waals surface area (Å²) in [7, 11) is 1.68. The highest BCUT2D eigenvalue weighted by Gasteiger charge is 2.33. The molecule has 5 heteroatoms. The molecule has 2 aliphatic rings. The highest BCUT2D eigenvalue weighted by Crippen LogP contribution is 2.41. The summed E-state index contributed by atoms with van der Waals surface area (Å²) in [5.74, 6) is 3.30. The van der Waals surface area contributed by atoms with Crippen LogP contribution < -0.4 is 4.74 Å². The fourth-order valence-corrected chi connectivity index (χ4v) is 3.81. The number of hydrogen-bond acceptors (Lipinski definition) is 3. The Morgan fingerprint density at radius 3 is 2.88 bits per heavy atom. The van der Waals surface area contributed by atoms with Crippen molar-refractivity contribution >= 4 is 16.9 Å². The third-order valence-electron chi connectivity index (χ3n) is 5.23. The lowest BCUT2D eigenvalue weighted by Crippen LogP contribution is -2.28. The van der Waals surface area contributed by atoms with E-state index in [2.05, 4.69) is 11.5 Å². The van der Waals surface area contributed by atoms with Crippen molar-refractivity contribution in [3.8, 4) is 5.75 Å². The highest BCUT2D eigenvalue weighted by molar-refractivity contribution is 5.80. The van der Waals surface area contributed by atoms with Crippen LogP contribution in [0.15, 0.2) is 18.2 Å². The lowest BCUT2D eigenvalue weighted by molar-refractivity contribution is -0.129. The summed E-state index contributed by atoms with van der Waals surface area (Å²) in [6.45, 7) is 3.68. The summed E-state index contributed by atoms with van der Waals surface area (Å²) in [6.07, 6.45) is 5.38. The Bertz CT molecular complexity index is 763. The van der Waals surface area contributed by atoms with Gasteiger partial charge in [-0.1, -0.05) is 13.3 Å². The number of aromatic nitrogens is 2. The van der Waals surface area contributed by atoms with E-state index in [1.54, 1.807) is 7.11 Å². The Balaban J connectivity index is 1.67. The van der Waals surface area contributed by atoms with Crippen molar-refractivity contribution in [3.05, 3.63) is 24.0 Å². The molecule has 4 rings (SSSR count). The van der Waals surface area contributed by atoms with Gasteiger partial charge in [-0.2, -0.15) is 0 Å². The zero-order valence-corrected chi connectivity index (χ0v) is 14.5. The van der Waals surface area contributed by atoms with Crippen molar-refractivity contribution in [3.63, 3.8) is 0 Å². The Hall–Kier alpha value is -2.04. The van der Waals surface area contributed by atoms with Gasteiger partial charge in [-0.25, -0.2) is 4.98 Å².